The topological polar surface area (TPSA) is 45.2 Å². The number of rotatable bonds is 6. The third-order valence-electron chi connectivity index (χ3n) is 2.35. The Morgan fingerprint density at radius 1 is 1.62 bits per heavy atom. The van der Waals surface area contributed by atoms with E-state index in [0.717, 1.165) is 23.5 Å². The maximum absolute atomic E-state index is 11.7. The van der Waals surface area contributed by atoms with Gasteiger partial charge in [-0.1, -0.05) is 6.92 Å². The number of nitrogens with zero attached hydrogens (tertiary/aromatic N) is 2. The molecule has 0 bridgehead atoms. The van der Waals surface area contributed by atoms with Crippen molar-refractivity contribution in [1.29, 1.82) is 0 Å². The van der Waals surface area contributed by atoms with E-state index in [-0.39, 0.29) is 5.91 Å². The number of aromatic nitrogens is 1. The van der Waals surface area contributed by atoms with Crippen LogP contribution in [0.2, 0.25) is 0 Å². The van der Waals surface area contributed by atoms with Gasteiger partial charge in [-0.3, -0.25) is 4.79 Å². The number of aryl methyl sites for hydroxylation is 1. The Morgan fingerprint density at radius 2 is 2.38 bits per heavy atom. The van der Waals surface area contributed by atoms with E-state index >= 15 is 0 Å². The summed E-state index contributed by atoms with van der Waals surface area (Å²) in [7, 11) is 1.83. The first-order valence-electron chi connectivity index (χ1n) is 5.48. The summed E-state index contributed by atoms with van der Waals surface area (Å²) in [6, 6.07) is 0. The minimum absolute atomic E-state index is 0.126. The summed E-state index contributed by atoms with van der Waals surface area (Å²) < 4.78 is 0. The third kappa shape index (κ3) is 3.90. The highest BCUT2D eigenvalue weighted by atomic mass is 32.1. The molecule has 0 unspecified atom stereocenters. The highest BCUT2D eigenvalue weighted by Crippen LogP contribution is 2.13. The van der Waals surface area contributed by atoms with Crippen LogP contribution in [0.3, 0.4) is 0 Å². The highest BCUT2D eigenvalue weighted by Gasteiger charge is 2.10. The molecule has 1 amide bonds. The van der Waals surface area contributed by atoms with Gasteiger partial charge in [-0.15, -0.1) is 11.3 Å². The summed E-state index contributed by atoms with van der Waals surface area (Å²) >= 11 is 1.60. The zero-order valence-electron chi connectivity index (χ0n) is 10.1. The molecule has 1 rings (SSSR count). The summed E-state index contributed by atoms with van der Waals surface area (Å²) in [5.74, 6) is 0.126. The molecule has 1 N–H and O–H groups in total. The standard InChI is InChI=1S/C11H19N3OS/c1-4-5-12-6-11(15)14(3)7-10-9(2)13-8-16-10/h8,12H,4-7H2,1-3H3. The van der Waals surface area contributed by atoms with Crippen LogP contribution in [0, 0.1) is 6.92 Å². The molecule has 0 fully saturated rings. The van der Waals surface area contributed by atoms with Gasteiger partial charge in [0.05, 0.1) is 24.3 Å². The number of carbonyl (C=O) groups is 1. The van der Waals surface area contributed by atoms with Gasteiger partial charge >= 0.3 is 0 Å². The molecule has 1 aromatic heterocycles. The van der Waals surface area contributed by atoms with Crippen molar-refractivity contribution < 1.29 is 4.79 Å². The van der Waals surface area contributed by atoms with Crippen LogP contribution in [-0.2, 0) is 11.3 Å². The van der Waals surface area contributed by atoms with Crippen molar-refractivity contribution in [2.75, 3.05) is 20.1 Å². The van der Waals surface area contributed by atoms with Crippen LogP contribution >= 0.6 is 11.3 Å². The van der Waals surface area contributed by atoms with E-state index in [0.29, 0.717) is 13.1 Å². The molecule has 0 aliphatic carbocycles. The zero-order valence-corrected chi connectivity index (χ0v) is 10.9. The number of amides is 1. The van der Waals surface area contributed by atoms with E-state index in [9.17, 15) is 4.79 Å². The molecule has 90 valence electrons. The lowest BCUT2D eigenvalue weighted by molar-refractivity contribution is -0.129. The lowest BCUT2D eigenvalue weighted by Gasteiger charge is -2.16. The Bertz CT molecular complexity index is 338. The second-order valence-electron chi connectivity index (χ2n) is 3.79. The predicted octanol–water partition coefficient (Wildman–Crippen LogP) is 1.41. The minimum Gasteiger partial charge on any atom is -0.339 e. The summed E-state index contributed by atoms with van der Waals surface area (Å²) in [5.41, 5.74) is 2.84. The molecule has 1 heterocycles. The van der Waals surface area contributed by atoms with Gasteiger partial charge in [0.25, 0.3) is 0 Å². The maximum Gasteiger partial charge on any atom is 0.236 e. The van der Waals surface area contributed by atoms with Crippen molar-refractivity contribution in [3.8, 4) is 0 Å². The molecular weight excluding hydrogens is 222 g/mol. The van der Waals surface area contributed by atoms with Crippen molar-refractivity contribution in [2.45, 2.75) is 26.8 Å². The van der Waals surface area contributed by atoms with Gasteiger partial charge in [-0.25, -0.2) is 4.98 Å². The molecule has 0 aromatic carbocycles. The van der Waals surface area contributed by atoms with Gasteiger partial charge in [0.2, 0.25) is 5.91 Å². The molecule has 5 heteroatoms. The van der Waals surface area contributed by atoms with E-state index in [4.69, 9.17) is 0 Å². The van der Waals surface area contributed by atoms with Crippen LogP contribution < -0.4 is 5.32 Å². The number of carbonyl (C=O) groups excluding carboxylic acids is 1. The van der Waals surface area contributed by atoms with Crippen LogP contribution in [0.5, 0.6) is 0 Å². The minimum atomic E-state index is 0.126. The smallest absolute Gasteiger partial charge is 0.236 e. The fourth-order valence-corrected chi connectivity index (χ4v) is 2.12. The van der Waals surface area contributed by atoms with Crippen molar-refractivity contribution in [1.82, 2.24) is 15.2 Å². The highest BCUT2D eigenvalue weighted by molar-refractivity contribution is 7.09. The Hall–Kier alpha value is -0.940. The van der Waals surface area contributed by atoms with E-state index in [2.05, 4.69) is 17.2 Å². The fraction of sp³-hybridized carbons (Fsp3) is 0.636. The average Bonchev–Trinajstić information content (AvgIpc) is 2.64. The summed E-state index contributed by atoms with van der Waals surface area (Å²) in [6.07, 6.45) is 1.05. The molecule has 0 aliphatic rings. The van der Waals surface area contributed by atoms with Gasteiger partial charge in [0.1, 0.15) is 0 Å². The Morgan fingerprint density at radius 3 is 2.94 bits per heavy atom. The molecule has 1 aromatic rings. The Labute approximate surface area is 101 Å². The van der Waals surface area contributed by atoms with Crippen LogP contribution in [0.1, 0.15) is 23.9 Å². The van der Waals surface area contributed by atoms with E-state index in [1.54, 1.807) is 16.2 Å². The van der Waals surface area contributed by atoms with Gasteiger partial charge in [0.15, 0.2) is 0 Å². The summed E-state index contributed by atoms with van der Waals surface area (Å²) in [4.78, 5) is 18.8. The van der Waals surface area contributed by atoms with Crippen LogP contribution in [0.25, 0.3) is 0 Å². The second kappa shape index (κ2) is 6.60. The molecule has 4 nitrogen and oxygen atoms in total. The van der Waals surface area contributed by atoms with Crippen molar-refractivity contribution in [3.05, 3.63) is 16.1 Å². The second-order valence-corrected chi connectivity index (χ2v) is 4.73. The fourth-order valence-electron chi connectivity index (χ4n) is 1.29. The Kier molecular flexibility index (Phi) is 5.42. The summed E-state index contributed by atoms with van der Waals surface area (Å²) in [5, 5.41) is 3.11. The van der Waals surface area contributed by atoms with Crippen LogP contribution in [0.4, 0.5) is 0 Å². The van der Waals surface area contributed by atoms with Crippen LogP contribution in [-0.4, -0.2) is 35.9 Å². The SMILES string of the molecule is CCCNCC(=O)N(C)Cc1scnc1C. The molecule has 0 radical (unpaired) electrons. The lowest BCUT2D eigenvalue weighted by atomic mass is 10.3. The summed E-state index contributed by atoms with van der Waals surface area (Å²) in [6.45, 7) is 6.02. The molecule has 16 heavy (non-hydrogen) atoms. The van der Waals surface area contributed by atoms with E-state index < -0.39 is 0 Å². The van der Waals surface area contributed by atoms with E-state index in [1.165, 1.54) is 0 Å². The first-order valence-corrected chi connectivity index (χ1v) is 6.36. The van der Waals surface area contributed by atoms with Crippen LogP contribution in [0.15, 0.2) is 5.51 Å². The monoisotopic (exact) mass is 241 g/mol. The molecule has 0 saturated carbocycles. The predicted molar refractivity (Wildman–Crippen MR) is 66.5 cm³/mol. The number of hydrogen-bond acceptors (Lipinski definition) is 4. The number of nitrogens with one attached hydrogen (secondary N) is 1. The number of hydrogen-bond donors (Lipinski definition) is 1. The zero-order chi connectivity index (χ0) is 12.0. The van der Waals surface area contributed by atoms with Gasteiger partial charge in [-0.2, -0.15) is 0 Å². The largest absolute Gasteiger partial charge is 0.339 e. The number of likely N-dealkylation sites (N-methyl/N-ethyl adjacent to an activating group) is 1. The van der Waals surface area contributed by atoms with Crippen molar-refractivity contribution >= 4 is 17.2 Å². The van der Waals surface area contributed by atoms with Crippen molar-refractivity contribution in [2.24, 2.45) is 0 Å². The van der Waals surface area contributed by atoms with Gasteiger partial charge in [0, 0.05) is 11.9 Å². The van der Waals surface area contributed by atoms with Gasteiger partial charge in [-0.05, 0) is 19.9 Å². The number of thiazole rings is 1. The quantitative estimate of drug-likeness (QED) is 0.766. The molecule has 0 spiro atoms. The Balaban J connectivity index is 2.37. The normalized spacial score (nSPS) is 10.4. The maximum atomic E-state index is 11.7. The van der Waals surface area contributed by atoms with E-state index in [1.807, 2.05) is 19.5 Å². The third-order valence-corrected chi connectivity index (χ3v) is 3.27. The first-order chi connectivity index (χ1) is 7.65. The first kappa shape index (κ1) is 13.1. The molecule has 0 atom stereocenters. The lowest BCUT2D eigenvalue weighted by Crippen LogP contribution is -2.35. The van der Waals surface area contributed by atoms with Crippen molar-refractivity contribution in [3.63, 3.8) is 0 Å². The molecule has 0 aliphatic heterocycles. The molecule has 0 saturated heterocycles. The average molecular weight is 241 g/mol. The molecular formula is C11H19N3OS. The van der Waals surface area contributed by atoms with Gasteiger partial charge < -0.3 is 10.2 Å².